The van der Waals surface area contributed by atoms with Gasteiger partial charge in [-0.2, -0.15) is 5.10 Å². The molecule has 0 atom stereocenters. The molecule has 0 aliphatic carbocycles. The number of nitrogens with zero attached hydrogens (tertiary/aromatic N) is 2. The molecule has 0 fully saturated rings. The van der Waals surface area contributed by atoms with Gasteiger partial charge in [-0.3, -0.25) is 0 Å². The summed E-state index contributed by atoms with van der Waals surface area (Å²) >= 11 is 0. The molecule has 0 saturated carbocycles. The van der Waals surface area contributed by atoms with Crippen LogP contribution in [0.1, 0.15) is 5.56 Å². The van der Waals surface area contributed by atoms with Crippen molar-refractivity contribution in [2.45, 2.75) is 6.54 Å². The zero-order valence-corrected chi connectivity index (χ0v) is 11.3. The van der Waals surface area contributed by atoms with Gasteiger partial charge in [0.1, 0.15) is 5.82 Å². The lowest BCUT2D eigenvalue weighted by Crippen LogP contribution is -2.22. The second-order valence-corrected chi connectivity index (χ2v) is 4.57. The van der Waals surface area contributed by atoms with Gasteiger partial charge in [-0.15, -0.1) is 0 Å². The van der Waals surface area contributed by atoms with Crippen molar-refractivity contribution in [2.75, 3.05) is 5.43 Å². The highest BCUT2D eigenvalue weighted by Crippen LogP contribution is 2.15. The van der Waals surface area contributed by atoms with Gasteiger partial charge in [0.25, 0.3) is 0 Å². The second-order valence-electron chi connectivity index (χ2n) is 4.57. The molecule has 0 aliphatic rings. The zero-order valence-electron chi connectivity index (χ0n) is 11.3. The lowest BCUT2D eigenvalue weighted by molar-refractivity contribution is 0.622. The third-order valence-corrected chi connectivity index (χ3v) is 3.08. The van der Waals surface area contributed by atoms with Gasteiger partial charge in [0.15, 0.2) is 0 Å². The Morgan fingerprint density at radius 2 is 1.90 bits per heavy atom. The average Bonchev–Trinajstić information content (AvgIpc) is 3.03. The van der Waals surface area contributed by atoms with E-state index in [0.29, 0.717) is 6.54 Å². The fourth-order valence-electron chi connectivity index (χ4n) is 2.09. The molecule has 0 amide bonds. The van der Waals surface area contributed by atoms with E-state index in [4.69, 9.17) is 0 Å². The van der Waals surface area contributed by atoms with Crippen LogP contribution in [0.25, 0.3) is 5.69 Å². The third-order valence-electron chi connectivity index (χ3n) is 3.08. The van der Waals surface area contributed by atoms with E-state index in [2.05, 4.69) is 16.0 Å². The van der Waals surface area contributed by atoms with Crippen LogP contribution in [0.5, 0.6) is 0 Å². The highest BCUT2D eigenvalue weighted by Gasteiger charge is 2.06. The summed E-state index contributed by atoms with van der Waals surface area (Å²) in [6.45, 7) is 0.474. The fourth-order valence-corrected chi connectivity index (χ4v) is 2.09. The van der Waals surface area contributed by atoms with Crippen molar-refractivity contribution in [1.82, 2.24) is 15.2 Å². The number of hydrazine groups is 1. The van der Waals surface area contributed by atoms with Gasteiger partial charge in [-0.25, -0.2) is 14.5 Å². The quantitative estimate of drug-likeness (QED) is 0.706. The van der Waals surface area contributed by atoms with Crippen LogP contribution in [0.2, 0.25) is 0 Å². The molecule has 1 aromatic heterocycles. The summed E-state index contributed by atoms with van der Waals surface area (Å²) in [7, 11) is 0. The van der Waals surface area contributed by atoms with E-state index in [0.717, 1.165) is 16.9 Å². The van der Waals surface area contributed by atoms with Crippen LogP contribution >= 0.6 is 0 Å². The average molecular weight is 282 g/mol. The standard InChI is InChI=1S/C16H15FN4/c17-14-7-8-16(21-10-4-9-19-21)13(11-14)12-18-20-15-5-2-1-3-6-15/h1-11,18,20H,12H2. The summed E-state index contributed by atoms with van der Waals surface area (Å²) in [6, 6.07) is 16.3. The van der Waals surface area contributed by atoms with E-state index in [1.54, 1.807) is 16.9 Å². The Balaban J connectivity index is 1.74. The number of hydrogen-bond acceptors (Lipinski definition) is 3. The van der Waals surface area contributed by atoms with Crippen molar-refractivity contribution < 1.29 is 4.39 Å². The van der Waals surface area contributed by atoms with Crippen molar-refractivity contribution in [2.24, 2.45) is 0 Å². The van der Waals surface area contributed by atoms with Gasteiger partial charge >= 0.3 is 0 Å². The lowest BCUT2D eigenvalue weighted by Gasteiger charge is -2.12. The SMILES string of the molecule is Fc1ccc(-n2cccn2)c(CNNc2ccccc2)c1. The molecule has 0 bridgehead atoms. The van der Waals surface area contributed by atoms with Crippen LogP contribution in [-0.2, 0) is 6.54 Å². The monoisotopic (exact) mass is 282 g/mol. The highest BCUT2D eigenvalue weighted by atomic mass is 19.1. The van der Waals surface area contributed by atoms with Crippen molar-refractivity contribution in [3.05, 3.63) is 78.4 Å². The molecule has 3 rings (SSSR count). The molecule has 0 saturated heterocycles. The van der Waals surface area contributed by atoms with Crippen molar-refractivity contribution in [1.29, 1.82) is 0 Å². The van der Waals surface area contributed by atoms with Gasteiger partial charge < -0.3 is 5.43 Å². The molecule has 106 valence electrons. The molecule has 0 radical (unpaired) electrons. The number of nitrogens with one attached hydrogen (secondary N) is 2. The summed E-state index contributed by atoms with van der Waals surface area (Å²) < 4.78 is 15.2. The molecular formula is C16H15FN4. The zero-order chi connectivity index (χ0) is 14.5. The summed E-state index contributed by atoms with van der Waals surface area (Å²) in [6.07, 6.45) is 3.53. The highest BCUT2D eigenvalue weighted by molar-refractivity contribution is 5.43. The van der Waals surface area contributed by atoms with Crippen molar-refractivity contribution >= 4 is 5.69 Å². The largest absolute Gasteiger partial charge is 0.321 e. The van der Waals surface area contributed by atoms with Gasteiger partial charge in [0, 0.05) is 24.6 Å². The fraction of sp³-hybridized carbons (Fsp3) is 0.0625. The van der Waals surface area contributed by atoms with Gasteiger partial charge in [-0.05, 0) is 42.0 Å². The lowest BCUT2D eigenvalue weighted by atomic mass is 10.1. The smallest absolute Gasteiger partial charge is 0.123 e. The Bertz CT molecular complexity index is 696. The molecule has 0 unspecified atom stereocenters. The first-order valence-electron chi connectivity index (χ1n) is 6.65. The van der Waals surface area contributed by atoms with E-state index in [1.165, 1.54) is 12.1 Å². The number of rotatable bonds is 5. The number of benzene rings is 2. The summed E-state index contributed by atoms with van der Waals surface area (Å²) in [4.78, 5) is 0. The van der Waals surface area contributed by atoms with Crippen LogP contribution in [0.4, 0.5) is 10.1 Å². The Hall–Kier alpha value is -2.66. The van der Waals surface area contributed by atoms with Gasteiger partial charge in [0.05, 0.1) is 5.69 Å². The minimum atomic E-state index is -0.262. The Labute approximate surface area is 122 Å². The molecular weight excluding hydrogens is 267 g/mol. The van der Waals surface area contributed by atoms with E-state index < -0.39 is 0 Å². The van der Waals surface area contributed by atoms with Crippen molar-refractivity contribution in [3.63, 3.8) is 0 Å². The Morgan fingerprint density at radius 1 is 1.05 bits per heavy atom. The number of aromatic nitrogens is 2. The third kappa shape index (κ3) is 3.27. The molecule has 2 N–H and O–H groups in total. The van der Waals surface area contributed by atoms with E-state index in [-0.39, 0.29) is 5.82 Å². The first-order chi connectivity index (χ1) is 10.3. The van der Waals surface area contributed by atoms with Gasteiger partial charge in [0.2, 0.25) is 0 Å². The summed E-state index contributed by atoms with van der Waals surface area (Å²) in [5, 5.41) is 4.19. The molecule has 5 heteroatoms. The van der Waals surface area contributed by atoms with E-state index in [1.807, 2.05) is 42.6 Å². The van der Waals surface area contributed by atoms with Crippen LogP contribution in [-0.4, -0.2) is 9.78 Å². The molecule has 0 spiro atoms. The second kappa shape index (κ2) is 6.19. The molecule has 2 aromatic carbocycles. The first kappa shape index (κ1) is 13.3. The van der Waals surface area contributed by atoms with Crippen LogP contribution in [0.15, 0.2) is 67.0 Å². The van der Waals surface area contributed by atoms with Crippen LogP contribution in [0.3, 0.4) is 0 Å². The van der Waals surface area contributed by atoms with Crippen LogP contribution < -0.4 is 10.9 Å². The Kier molecular flexibility index (Phi) is 3.93. The Morgan fingerprint density at radius 3 is 2.67 bits per heavy atom. The number of hydrogen-bond donors (Lipinski definition) is 2. The van der Waals surface area contributed by atoms with E-state index >= 15 is 0 Å². The van der Waals surface area contributed by atoms with Crippen molar-refractivity contribution in [3.8, 4) is 5.69 Å². The molecule has 0 aliphatic heterocycles. The molecule has 21 heavy (non-hydrogen) atoms. The van der Waals surface area contributed by atoms with Gasteiger partial charge in [-0.1, -0.05) is 18.2 Å². The molecule has 4 nitrogen and oxygen atoms in total. The first-order valence-corrected chi connectivity index (χ1v) is 6.65. The minimum absolute atomic E-state index is 0.262. The summed E-state index contributed by atoms with van der Waals surface area (Å²) in [5.41, 5.74) is 8.80. The summed E-state index contributed by atoms with van der Waals surface area (Å²) in [5.74, 6) is -0.262. The molecule has 1 heterocycles. The van der Waals surface area contributed by atoms with Crippen LogP contribution in [0, 0.1) is 5.82 Å². The van der Waals surface area contributed by atoms with E-state index in [9.17, 15) is 4.39 Å². The maximum absolute atomic E-state index is 13.5. The topological polar surface area (TPSA) is 41.9 Å². The maximum Gasteiger partial charge on any atom is 0.123 e. The maximum atomic E-state index is 13.5. The number of anilines is 1. The number of para-hydroxylation sites is 1. The normalized spacial score (nSPS) is 10.5. The predicted molar refractivity (Wildman–Crippen MR) is 80.4 cm³/mol. The predicted octanol–water partition coefficient (Wildman–Crippen LogP) is 3.13. The molecule has 3 aromatic rings. The minimum Gasteiger partial charge on any atom is -0.321 e. The number of halogens is 1.